The number of sulfonamides is 1. The van der Waals surface area contributed by atoms with E-state index in [-0.39, 0.29) is 17.4 Å². The van der Waals surface area contributed by atoms with E-state index in [2.05, 4.69) is 16.8 Å². The summed E-state index contributed by atoms with van der Waals surface area (Å²) in [6, 6.07) is 0. The first-order chi connectivity index (χ1) is 13.8. The molecule has 1 aromatic rings. The monoisotopic (exact) mass is 469 g/mol. The topological polar surface area (TPSA) is 87.9 Å². The maximum absolute atomic E-state index is 12.6. The van der Waals surface area contributed by atoms with Crippen LogP contribution < -0.4 is 4.90 Å². The SMILES string of the molecule is C=N/C=C\C=C(/C)n1cc(N(CC)C(=O)CN(C)S(=O)(=O)CCC(F)(F)F)c(Cl)n1. The Hall–Kier alpha value is -2.18. The maximum atomic E-state index is 12.6. The van der Waals surface area contributed by atoms with Gasteiger partial charge in [-0.15, -0.1) is 0 Å². The van der Waals surface area contributed by atoms with E-state index in [1.165, 1.54) is 22.0 Å². The maximum Gasteiger partial charge on any atom is 0.390 e. The van der Waals surface area contributed by atoms with Crippen molar-refractivity contribution in [2.75, 3.05) is 30.8 Å². The van der Waals surface area contributed by atoms with Gasteiger partial charge in [-0.25, -0.2) is 13.1 Å². The Morgan fingerprint density at radius 3 is 2.60 bits per heavy atom. The molecule has 0 aliphatic heterocycles. The lowest BCUT2D eigenvalue weighted by Crippen LogP contribution is -2.42. The van der Waals surface area contributed by atoms with Crippen LogP contribution in [0.4, 0.5) is 18.9 Å². The largest absolute Gasteiger partial charge is 0.390 e. The van der Waals surface area contributed by atoms with Crippen LogP contribution in [0.5, 0.6) is 0 Å². The first-order valence-corrected chi connectivity index (χ1v) is 10.7. The minimum atomic E-state index is -4.61. The molecule has 0 radical (unpaired) electrons. The van der Waals surface area contributed by atoms with Crippen LogP contribution in [0, 0.1) is 0 Å². The van der Waals surface area contributed by atoms with Crippen molar-refractivity contribution >= 4 is 45.6 Å². The molecule has 30 heavy (non-hydrogen) atoms. The van der Waals surface area contributed by atoms with E-state index in [4.69, 9.17) is 11.6 Å². The molecule has 0 aromatic carbocycles. The number of hydrogen-bond donors (Lipinski definition) is 0. The third-order valence-corrected chi connectivity index (χ3v) is 5.99. The molecule has 0 aliphatic rings. The van der Waals surface area contributed by atoms with E-state index in [1.54, 1.807) is 26.0 Å². The lowest BCUT2D eigenvalue weighted by Gasteiger charge is -2.23. The summed E-state index contributed by atoms with van der Waals surface area (Å²) in [5, 5.41) is 4.11. The fourth-order valence-corrected chi connectivity index (χ4v) is 3.62. The number of rotatable bonds is 10. The number of nitrogens with zero attached hydrogens (tertiary/aromatic N) is 5. The second kappa shape index (κ2) is 10.7. The fraction of sp³-hybridized carbons (Fsp3) is 0.471. The number of carbonyl (C=O) groups is 1. The van der Waals surface area contributed by atoms with Crippen LogP contribution in [0.15, 0.2) is 29.5 Å². The number of aromatic nitrogens is 2. The molecular weight excluding hydrogens is 447 g/mol. The Bertz CT molecular complexity index is 926. The molecule has 0 aliphatic carbocycles. The molecule has 0 saturated heterocycles. The van der Waals surface area contributed by atoms with Gasteiger partial charge in [0.2, 0.25) is 15.9 Å². The zero-order valence-electron chi connectivity index (χ0n) is 16.7. The minimum absolute atomic E-state index is 0.00589. The molecule has 13 heteroatoms. The van der Waals surface area contributed by atoms with Crippen molar-refractivity contribution in [3.05, 3.63) is 29.7 Å². The third kappa shape index (κ3) is 7.58. The Labute approximate surface area is 178 Å². The van der Waals surface area contributed by atoms with E-state index >= 15 is 0 Å². The van der Waals surface area contributed by atoms with Crippen LogP contribution in [0.2, 0.25) is 5.15 Å². The highest BCUT2D eigenvalue weighted by molar-refractivity contribution is 7.89. The summed E-state index contributed by atoms with van der Waals surface area (Å²) in [6.45, 7) is 6.19. The van der Waals surface area contributed by atoms with Crippen molar-refractivity contribution in [1.29, 1.82) is 0 Å². The number of carbonyl (C=O) groups excluding carboxylic acids is 1. The minimum Gasteiger partial charge on any atom is -0.307 e. The van der Waals surface area contributed by atoms with Gasteiger partial charge in [0, 0.05) is 25.5 Å². The average Bonchev–Trinajstić information content (AvgIpc) is 3.02. The van der Waals surface area contributed by atoms with Crippen molar-refractivity contribution in [3.8, 4) is 0 Å². The second-order valence-corrected chi connectivity index (χ2v) is 8.71. The van der Waals surface area contributed by atoms with Crippen molar-refractivity contribution < 1.29 is 26.4 Å². The predicted octanol–water partition coefficient (Wildman–Crippen LogP) is 3.18. The number of alkyl halides is 3. The molecule has 8 nitrogen and oxygen atoms in total. The number of anilines is 1. The molecule has 0 unspecified atom stereocenters. The molecular formula is C17H23ClF3N5O3S. The lowest BCUT2D eigenvalue weighted by atomic mass is 10.4. The number of allylic oxidation sites excluding steroid dienone is 3. The van der Waals surface area contributed by atoms with Crippen LogP contribution in [-0.2, 0) is 14.8 Å². The van der Waals surface area contributed by atoms with Crippen molar-refractivity contribution in [2.45, 2.75) is 26.4 Å². The van der Waals surface area contributed by atoms with E-state index < -0.39 is 40.8 Å². The van der Waals surface area contributed by atoms with Gasteiger partial charge >= 0.3 is 6.18 Å². The fourth-order valence-electron chi connectivity index (χ4n) is 2.28. The second-order valence-electron chi connectivity index (χ2n) is 6.16. The van der Waals surface area contributed by atoms with Gasteiger partial charge in [-0.05, 0) is 32.7 Å². The summed E-state index contributed by atoms with van der Waals surface area (Å²) in [6.07, 6.45) is 0.153. The van der Waals surface area contributed by atoms with Crippen LogP contribution in [0.1, 0.15) is 20.3 Å². The van der Waals surface area contributed by atoms with Crippen molar-refractivity contribution in [2.24, 2.45) is 4.99 Å². The standard InChI is InChI=1S/C17H23ClF3N5O3S/c1-5-25(14-11-26(23-16(14)18)13(2)7-6-9-22-3)15(27)12-24(4)30(28,29)10-8-17(19,20)21/h6-7,9,11H,3,5,8,10,12H2,1-2,4H3/b9-6-,13-7+. The van der Waals surface area contributed by atoms with E-state index in [0.29, 0.717) is 10.0 Å². The predicted molar refractivity (Wildman–Crippen MR) is 111 cm³/mol. The van der Waals surface area contributed by atoms with Gasteiger partial charge in [0.25, 0.3) is 0 Å². The average molecular weight is 470 g/mol. The van der Waals surface area contributed by atoms with Gasteiger partial charge in [-0.3, -0.25) is 9.79 Å². The molecule has 1 rings (SSSR count). The molecule has 0 bridgehead atoms. The molecule has 1 aromatic heterocycles. The molecule has 1 amide bonds. The van der Waals surface area contributed by atoms with Crippen LogP contribution in [0.3, 0.4) is 0 Å². The van der Waals surface area contributed by atoms with Gasteiger partial charge in [-0.2, -0.15) is 22.6 Å². The van der Waals surface area contributed by atoms with Crippen LogP contribution in [0.25, 0.3) is 5.70 Å². The van der Waals surface area contributed by atoms with Crippen LogP contribution in [-0.4, -0.2) is 67.2 Å². The molecule has 0 saturated carbocycles. The Morgan fingerprint density at radius 2 is 2.07 bits per heavy atom. The highest BCUT2D eigenvalue weighted by Gasteiger charge is 2.32. The van der Waals surface area contributed by atoms with E-state index in [0.717, 1.165) is 7.05 Å². The summed E-state index contributed by atoms with van der Waals surface area (Å²) in [5.41, 5.74) is 0.891. The summed E-state index contributed by atoms with van der Waals surface area (Å²) in [7, 11) is -3.21. The number of likely N-dealkylation sites (N-methyl/N-ethyl adjacent to an activating group) is 2. The van der Waals surface area contributed by atoms with E-state index in [1.807, 2.05) is 0 Å². The highest BCUT2D eigenvalue weighted by Crippen LogP contribution is 2.26. The number of halogens is 4. The smallest absolute Gasteiger partial charge is 0.307 e. The van der Waals surface area contributed by atoms with Gasteiger partial charge < -0.3 is 4.90 Å². The number of hydrogen-bond acceptors (Lipinski definition) is 5. The highest BCUT2D eigenvalue weighted by atomic mass is 35.5. The zero-order valence-corrected chi connectivity index (χ0v) is 18.3. The molecule has 0 atom stereocenters. The summed E-state index contributed by atoms with van der Waals surface area (Å²) < 4.78 is 63.1. The Balaban J connectivity index is 2.99. The third-order valence-electron chi connectivity index (χ3n) is 3.93. The van der Waals surface area contributed by atoms with Crippen LogP contribution >= 0.6 is 11.6 Å². The molecule has 0 fully saturated rings. The van der Waals surface area contributed by atoms with Gasteiger partial charge in [0.15, 0.2) is 5.15 Å². The van der Waals surface area contributed by atoms with Gasteiger partial charge in [-0.1, -0.05) is 11.6 Å². The molecule has 0 spiro atoms. The first-order valence-electron chi connectivity index (χ1n) is 8.68. The lowest BCUT2D eigenvalue weighted by molar-refractivity contribution is -0.130. The zero-order chi connectivity index (χ0) is 23.1. The first kappa shape index (κ1) is 25.9. The van der Waals surface area contributed by atoms with Crippen molar-refractivity contribution in [1.82, 2.24) is 14.1 Å². The summed E-state index contributed by atoms with van der Waals surface area (Å²) in [5.74, 6) is -1.79. The number of amides is 1. The quantitative estimate of drug-likeness (QED) is 0.389. The van der Waals surface area contributed by atoms with Gasteiger partial charge in [0.1, 0.15) is 5.69 Å². The molecule has 1 heterocycles. The van der Waals surface area contributed by atoms with Crippen molar-refractivity contribution in [3.63, 3.8) is 0 Å². The van der Waals surface area contributed by atoms with E-state index in [9.17, 15) is 26.4 Å². The Morgan fingerprint density at radius 1 is 1.43 bits per heavy atom. The summed E-state index contributed by atoms with van der Waals surface area (Å²) in [4.78, 5) is 17.4. The normalized spacial score (nSPS) is 13.3. The Kier molecular flexibility index (Phi) is 9.25. The molecule has 168 valence electrons. The molecule has 0 N–H and O–H groups in total. The number of aliphatic imine (C=N–C) groups is 1. The summed E-state index contributed by atoms with van der Waals surface area (Å²) >= 11 is 6.14. The van der Waals surface area contributed by atoms with Gasteiger partial charge in [0.05, 0.1) is 24.9 Å².